The van der Waals surface area contributed by atoms with Gasteiger partial charge in [0.2, 0.25) is 0 Å². The van der Waals surface area contributed by atoms with Crippen LogP contribution in [-0.4, -0.2) is 16.1 Å². The summed E-state index contributed by atoms with van der Waals surface area (Å²) in [7, 11) is 0. The number of hydrogen-bond donors (Lipinski definition) is 0. The first-order valence-electron chi connectivity index (χ1n) is 2.96. The van der Waals surface area contributed by atoms with E-state index in [4.69, 9.17) is 0 Å². The molecule has 0 radical (unpaired) electrons. The average molecular weight is 250 g/mol. The molecule has 0 aromatic carbocycles. The number of carbonyl (C=O) groups is 1. The molecule has 54 valence electrons. The third-order valence-corrected chi connectivity index (χ3v) is 2.41. The summed E-state index contributed by atoms with van der Waals surface area (Å²) in [5.41, 5.74) is 0.669. The monoisotopic (exact) mass is 250 g/mol. The van der Waals surface area contributed by atoms with E-state index in [1.165, 1.54) is 0 Å². The molecular formula is C6H7IN2O. The highest BCUT2D eigenvalue weighted by Gasteiger charge is 2.03. The van der Waals surface area contributed by atoms with E-state index >= 15 is 0 Å². The van der Waals surface area contributed by atoms with Gasteiger partial charge in [0.05, 0.1) is 11.8 Å². The Balaban J connectivity index is 3.08. The predicted octanol–water partition coefficient (Wildman–Crippen LogP) is 1.32. The van der Waals surface area contributed by atoms with Crippen molar-refractivity contribution in [3.05, 3.63) is 15.5 Å². The third-order valence-electron chi connectivity index (χ3n) is 1.23. The largest absolute Gasteiger partial charge is 0.298 e. The summed E-state index contributed by atoms with van der Waals surface area (Å²) >= 11 is 2.11. The zero-order valence-electron chi connectivity index (χ0n) is 5.54. The second-order valence-electron chi connectivity index (χ2n) is 1.82. The lowest BCUT2D eigenvalue weighted by molar-refractivity contribution is 0.112. The molecule has 0 saturated heterocycles. The Bertz CT molecular complexity index is 244. The van der Waals surface area contributed by atoms with Crippen molar-refractivity contribution >= 4 is 28.9 Å². The maximum absolute atomic E-state index is 10.3. The van der Waals surface area contributed by atoms with Gasteiger partial charge in [-0.05, 0) is 29.5 Å². The normalized spacial score (nSPS) is 9.80. The molecule has 0 bridgehead atoms. The van der Waals surface area contributed by atoms with Crippen molar-refractivity contribution in [3.8, 4) is 0 Å². The number of aryl methyl sites for hydroxylation is 1. The van der Waals surface area contributed by atoms with E-state index in [1.807, 2.05) is 6.92 Å². The van der Waals surface area contributed by atoms with Gasteiger partial charge in [0.25, 0.3) is 0 Å². The van der Waals surface area contributed by atoms with E-state index in [9.17, 15) is 4.79 Å². The van der Waals surface area contributed by atoms with Crippen LogP contribution in [0.25, 0.3) is 0 Å². The van der Waals surface area contributed by atoms with E-state index in [-0.39, 0.29) is 0 Å². The zero-order valence-corrected chi connectivity index (χ0v) is 7.70. The van der Waals surface area contributed by atoms with Gasteiger partial charge in [0.15, 0.2) is 6.29 Å². The average Bonchev–Trinajstić information content (AvgIpc) is 2.30. The second kappa shape index (κ2) is 3.14. The fourth-order valence-corrected chi connectivity index (χ4v) is 1.42. The molecule has 0 amide bonds. The number of aromatic nitrogens is 2. The molecular weight excluding hydrogens is 243 g/mol. The van der Waals surface area contributed by atoms with E-state index in [0.29, 0.717) is 5.56 Å². The first-order chi connectivity index (χ1) is 4.79. The van der Waals surface area contributed by atoms with Crippen LogP contribution in [0.4, 0.5) is 0 Å². The molecule has 0 saturated carbocycles. The Morgan fingerprint density at radius 1 is 1.90 bits per heavy atom. The Hall–Kier alpha value is -0.390. The summed E-state index contributed by atoms with van der Waals surface area (Å²) in [6.45, 7) is 2.80. The fraction of sp³-hybridized carbons (Fsp3) is 0.333. The van der Waals surface area contributed by atoms with Crippen molar-refractivity contribution < 1.29 is 4.79 Å². The molecule has 3 nitrogen and oxygen atoms in total. The van der Waals surface area contributed by atoms with Crippen LogP contribution in [0.2, 0.25) is 0 Å². The fourth-order valence-electron chi connectivity index (χ4n) is 0.684. The number of nitrogens with zero attached hydrogens (tertiary/aromatic N) is 2. The van der Waals surface area contributed by atoms with Crippen molar-refractivity contribution in [2.45, 2.75) is 13.5 Å². The molecule has 1 heterocycles. The predicted molar refractivity (Wildman–Crippen MR) is 46.0 cm³/mol. The minimum Gasteiger partial charge on any atom is -0.298 e. The number of aldehydes is 1. The van der Waals surface area contributed by atoms with Crippen molar-refractivity contribution in [2.75, 3.05) is 0 Å². The molecule has 0 fully saturated rings. The SMILES string of the molecule is CCn1ncc(C=O)c1I. The van der Waals surface area contributed by atoms with Crippen molar-refractivity contribution in [2.24, 2.45) is 0 Å². The molecule has 0 aliphatic rings. The van der Waals surface area contributed by atoms with Crippen LogP contribution in [0.15, 0.2) is 6.20 Å². The van der Waals surface area contributed by atoms with E-state index in [0.717, 1.165) is 16.5 Å². The van der Waals surface area contributed by atoms with Gasteiger partial charge in [-0.1, -0.05) is 0 Å². The highest BCUT2D eigenvalue weighted by Crippen LogP contribution is 2.08. The highest BCUT2D eigenvalue weighted by molar-refractivity contribution is 14.1. The third kappa shape index (κ3) is 1.21. The molecule has 4 heteroatoms. The van der Waals surface area contributed by atoms with Crippen LogP contribution >= 0.6 is 22.6 Å². The second-order valence-corrected chi connectivity index (χ2v) is 2.85. The maximum Gasteiger partial charge on any atom is 0.154 e. The topological polar surface area (TPSA) is 34.9 Å². The van der Waals surface area contributed by atoms with Gasteiger partial charge in [-0.3, -0.25) is 9.48 Å². The summed E-state index contributed by atoms with van der Waals surface area (Å²) in [5, 5.41) is 3.98. The molecule has 0 N–H and O–H groups in total. The Morgan fingerprint density at radius 3 is 2.90 bits per heavy atom. The van der Waals surface area contributed by atoms with Gasteiger partial charge in [0, 0.05) is 6.54 Å². The molecule has 10 heavy (non-hydrogen) atoms. The quantitative estimate of drug-likeness (QED) is 0.586. The van der Waals surface area contributed by atoms with Crippen molar-refractivity contribution in [1.29, 1.82) is 0 Å². The molecule has 1 aromatic rings. The Kier molecular flexibility index (Phi) is 2.42. The lowest BCUT2D eigenvalue weighted by atomic mass is 10.4. The minimum absolute atomic E-state index is 0.669. The minimum atomic E-state index is 0.669. The summed E-state index contributed by atoms with van der Waals surface area (Å²) in [4.78, 5) is 10.3. The van der Waals surface area contributed by atoms with Crippen LogP contribution in [-0.2, 0) is 6.54 Å². The van der Waals surface area contributed by atoms with E-state index in [1.54, 1.807) is 10.9 Å². The summed E-state index contributed by atoms with van der Waals surface area (Å²) < 4.78 is 2.69. The Labute approximate surface area is 72.6 Å². The van der Waals surface area contributed by atoms with Crippen molar-refractivity contribution in [1.82, 2.24) is 9.78 Å². The summed E-state index contributed by atoms with van der Waals surface area (Å²) in [6.07, 6.45) is 2.40. The zero-order chi connectivity index (χ0) is 7.56. The van der Waals surface area contributed by atoms with E-state index < -0.39 is 0 Å². The maximum atomic E-state index is 10.3. The highest BCUT2D eigenvalue weighted by atomic mass is 127. The first-order valence-corrected chi connectivity index (χ1v) is 4.04. The van der Waals surface area contributed by atoms with Crippen LogP contribution in [0, 0.1) is 3.70 Å². The summed E-state index contributed by atoms with van der Waals surface area (Å²) in [6, 6.07) is 0. The molecule has 0 aliphatic heterocycles. The van der Waals surface area contributed by atoms with Gasteiger partial charge in [-0.2, -0.15) is 5.10 Å². The molecule has 0 atom stereocenters. The molecule has 1 rings (SSSR count). The van der Waals surface area contributed by atoms with Gasteiger partial charge in [-0.15, -0.1) is 0 Å². The number of halogens is 1. The van der Waals surface area contributed by atoms with Crippen molar-refractivity contribution in [3.63, 3.8) is 0 Å². The van der Waals surface area contributed by atoms with Crippen LogP contribution in [0.1, 0.15) is 17.3 Å². The number of hydrogen-bond acceptors (Lipinski definition) is 2. The lowest BCUT2D eigenvalue weighted by Crippen LogP contribution is -1.98. The van der Waals surface area contributed by atoms with E-state index in [2.05, 4.69) is 27.7 Å². The van der Waals surface area contributed by atoms with Gasteiger partial charge >= 0.3 is 0 Å². The molecule has 0 unspecified atom stereocenters. The lowest BCUT2D eigenvalue weighted by Gasteiger charge is -1.94. The summed E-state index contributed by atoms with van der Waals surface area (Å²) in [5.74, 6) is 0. The van der Waals surface area contributed by atoms with Crippen LogP contribution < -0.4 is 0 Å². The first kappa shape index (κ1) is 7.71. The van der Waals surface area contributed by atoms with Gasteiger partial charge in [0.1, 0.15) is 3.70 Å². The van der Waals surface area contributed by atoms with Crippen LogP contribution in [0.5, 0.6) is 0 Å². The van der Waals surface area contributed by atoms with Gasteiger partial charge < -0.3 is 0 Å². The molecule has 0 spiro atoms. The van der Waals surface area contributed by atoms with Gasteiger partial charge in [-0.25, -0.2) is 0 Å². The molecule has 1 aromatic heterocycles. The smallest absolute Gasteiger partial charge is 0.154 e. The number of carbonyl (C=O) groups excluding carboxylic acids is 1. The molecule has 0 aliphatic carbocycles. The van der Waals surface area contributed by atoms with Crippen LogP contribution in [0.3, 0.4) is 0 Å². The Morgan fingerprint density at radius 2 is 2.60 bits per heavy atom. The standard InChI is InChI=1S/C6H7IN2O/c1-2-9-6(7)5(4-10)3-8-9/h3-4H,2H2,1H3. The number of rotatable bonds is 2.